The van der Waals surface area contributed by atoms with Gasteiger partial charge in [0, 0.05) is 42.5 Å². The predicted molar refractivity (Wildman–Crippen MR) is 130 cm³/mol. The lowest BCUT2D eigenvalue weighted by molar-refractivity contribution is -0.137. The SMILES string of the molecule is O=C(NCC1CCCO1)C1CN(C(=O)Nc2ccc(C(F)(F)F)cc2)CCN1C(=O)c1ccc(Cl)cc1. The fourth-order valence-electron chi connectivity index (χ4n) is 4.28. The molecule has 0 aromatic heterocycles. The summed E-state index contributed by atoms with van der Waals surface area (Å²) in [4.78, 5) is 42.1. The number of piperazine rings is 1. The van der Waals surface area contributed by atoms with Crippen LogP contribution in [0.4, 0.5) is 23.7 Å². The van der Waals surface area contributed by atoms with Crippen molar-refractivity contribution in [2.75, 3.05) is 38.1 Å². The Bertz CT molecular complexity index is 1120. The molecule has 2 N–H and O–H groups in total. The fraction of sp³-hybridized carbons (Fsp3) is 0.400. The Kier molecular flexibility index (Phi) is 8.23. The van der Waals surface area contributed by atoms with Crippen molar-refractivity contribution in [2.45, 2.75) is 31.2 Å². The van der Waals surface area contributed by atoms with Crippen molar-refractivity contribution in [1.29, 1.82) is 0 Å². The van der Waals surface area contributed by atoms with Gasteiger partial charge >= 0.3 is 12.2 Å². The number of carbonyl (C=O) groups is 3. The first-order valence-electron chi connectivity index (χ1n) is 11.8. The second kappa shape index (κ2) is 11.4. The fourth-order valence-corrected chi connectivity index (χ4v) is 4.40. The van der Waals surface area contributed by atoms with Crippen molar-refractivity contribution >= 4 is 35.1 Å². The lowest BCUT2D eigenvalue weighted by Crippen LogP contribution is -2.62. The summed E-state index contributed by atoms with van der Waals surface area (Å²) in [5.74, 6) is -0.804. The van der Waals surface area contributed by atoms with Gasteiger partial charge in [0.1, 0.15) is 6.04 Å². The Balaban J connectivity index is 1.46. The molecule has 198 valence electrons. The molecular weight excluding hydrogens is 513 g/mol. The maximum atomic E-state index is 13.2. The highest BCUT2D eigenvalue weighted by atomic mass is 35.5. The predicted octanol–water partition coefficient (Wildman–Crippen LogP) is 4.01. The Hall–Kier alpha value is -3.31. The summed E-state index contributed by atoms with van der Waals surface area (Å²) < 4.78 is 44.0. The molecule has 37 heavy (non-hydrogen) atoms. The minimum absolute atomic E-state index is 0.0832. The largest absolute Gasteiger partial charge is 0.416 e. The van der Waals surface area contributed by atoms with Crippen LogP contribution in [-0.2, 0) is 15.7 Å². The van der Waals surface area contributed by atoms with E-state index in [1.54, 1.807) is 24.3 Å². The van der Waals surface area contributed by atoms with Gasteiger partial charge in [-0.2, -0.15) is 13.2 Å². The van der Waals surface area contributed by atoms with E-state index in [1.165, 1.54) is 9.80 Å². The molecular formula is C25H26ClF3N4O4. The van der Waals surface area contributed by atoms with E-state index in [0.29, 0.717) is 17.2 Å². The molecule has 0 bridgehead atoms. The summed E-state index contributed by atoms with van der Waals surface area (Å²) in [6, 6.07) is 8.79. The number of rotatable bonds is 5. The quantitative estimate of drug-likeness (QED) is 0.602. The lowest BCUT2D eigenvalue weighted by Gasteiger charge is -2.40. The molecule has 4 rings (SSSR count). The highest BCUT2D eigenvalue weighted by Crippen LogP contribution is 2.30. The second-order valence-corrected chi connectivity index (χ2v) is 9.29. The monoisotopic (exact) mass is 538 g/mol. The number of benzene rings is 2. The van der Waals surface area contributed by atoms with Gasteiger partial charge in [0.25, 0.3) is 5.91 Å². The van der Waals surface area contributed by atoms with E-state index < -0.39 is 29.7 Å². The number of anilines is 1. The number of amides is 4. The molecule has 2 aliphatic heterocycles. The first kappa shape index (κ1) is 26.7. The van der Waals surface area contributed by atoms with E-state index >= 15 is 0 Å². The molecule has 4 amide bonds. The summed E-state index contributed by atoms with van der Waals surface area (Å²) in [7, 11) is 0. The van der Waals surface area contributed by atoms with Crippen LogP contribution >= 0.6 is 11.6 Å². The highest BCUT2D eigenvalue weighted by Gasteiger charge is 2.38. The first-order valence-corrected chi connectivity index (χ1v) is 12.2. The number of carbonyl (C=O) groups excluding carboxylic acids is 3. The molecule has 0 aliphatic carbocycles. The maximum Gasteiger partial charge on any atom is 0.416 e. The third-order valence-electron chi connectivity index (χ3n) is 6.31. The summed E-state index contributed by atoms with van der Waals surface area (Å²) in [6.07, 6.45) is -2.87. The molecule has 2 atom stereocenters. The van der Waals surface area contributed by atoms with Crippen LogP contribution in [0.15, 0.2) is 48.5 Å². The number of hydrogen-bond acceptors (Lipinski definition) is 4. The van der Waals surface area contributed by atoms with Gasteiger partial charge in [-0.3, -0.25) is 9.59 Å². The van der Waals surface area contributed by atoms with E-state index in [2.05, 4.69) is 10.6 Å². The smallest absolute Gasteiger partial charge is 0.376 e. The van der Waals surface area contributed by atoms with Crippen molar-refractivity contribution in [3.63, 3.8) is 0 Å². The van der Waals surface area contributed by atoms with Crippen LogP contribution < -0.4 is 10.6 Å². The van der Waals surface area contributed by atoms with Crippen molar-refractivity contribution in [3.8, 4) is 0 Å². The van der Waals surface area contributed by atoms with E-state index in [9.17, 15) is 27.6 Å². The Morgan fingerprint density at radius 2 is 1.73 bits per heavy atom. The van der Waals surface area contributed by atoms with Crippen LogP contribution in [-0.4, -0.2) is 72.6 Å². The molecule has 2 aromatic carbocycles. The highest BCUT2D eigenvalue weighted by molar-refractivity contribution is 6.30. The van der Waals surface area contributed by atoms with Crippen LogP contribution in [0.3, 0.4) is 0 Å². The molecule has 0 radical (unpaired) electrons. The molecule has 2 fully saturated rings. The van der Waals surface area contributed by atoms with Gasteiger partial charge in [0.2, 0.25) is 5.91 Å². The lowest BCUT2D eigenvalue weighted by atomic mass is 10.1. The molecule has 2 saturated heterocycles. The van der Waals surface area contributed by atoms with Crippen LogP contribution in [0.2, 0.25) is 5.02 Å². The van der Waals surface area contributed by atoms with E-state index in [0.717, 1.165) is 37.1 Å². The molecule has 2 aliphatic rings. The molecule has 8 nitrogen and oxygen atoms in total. The van der Waals surface area contributed by atoms with E-state index in [1.807, 2.05) is 0 Å². The van der Waals surface area contributed by atoms with Gasteiger partial charge in [-0.05, 0) is 61.4 Å². The zero-order chi connectivity index (χ0) is 26.6. The van der Waals surface area contributed by atoms with Crippen LogP contribution in [0.5, 0.6) is 0 Å². The maximum absolute atomic E-state index is 13.2. The summed E-state index contributed by atoms with van der Waals surface area (Å²) in [5, 5.41) is 5.85. The van der Waals surface area contributed by atoms with Crippen LogP contribution in [0.25, 0.3) is 0 Å². The zero-order valence-electron chi connectivity index (χ0n) is 19.8. The summed E-state index contributed by atoms with van der Waals surface area (Å²) in [6.45, 7) is 1.03. The zero-order valence-corrected chi connectivity index (χ0v) is 20.5. The Morgan fingerprint density at radius 3 is 2.35 bits per heavy atom. The molecule has 12 heteroatoms. The third-order valence-corrected chi connectivity index (χ3v) is 6.57. The second-order valence-electron chi connectivity index (χ2n) is 8.85. The van der Waals surface area contributed by atoms with Gasteiger partial charge in [0.15, 0.2) is 0 Å². The normalized spacial score (nSPS) is 20.0. The number of halogens is 4. The van der Waals surface area contributed by atoms with Gasteiger partial charge in [-0.15, -0.1) is 0 Å². The minimum Gasteiger partial charge on any atom is -0.376 e. The third kappa shape index (κ3) is 6.72. The first-order chi connectivity index (χ1) is 17.6. The van der Waals surface area contributed by atoms with Crippen molar-refractivity contribution < 1.29 is 32.3 Å². The molecule has 0 spiro atoms. The number of hydrogen-bond donors (Lipinski definition) is 2. The number of nitrogens with one attached hydrogen (secondary N) is 2. The topological polar surface area (TPSA) is 91.0 Å². The van der Waals surface area contributed by atoms with Crippen LogP contribution in [0, 0.1) is 0 Å². The molecule has 2 aromatic rings. The van der Waals surface area contributed by atoms with Gasteiger partial charge in [-0.1, -0.05) is 11.6 Å². The molecule has 2 unspecified atom stereocenters. The van der Waals surface area contributed by atoms with Crippen molar-refractivity contribution in [3.05, 3.63) is 64.7 Å². The van der Waals surface area contributed by atoms with Gasteiger partial charge in [0.05, 0.1) is 18.2 Å². The summed E-state index contributed by atoms with van der Waals surface area (Å²) >= 11 is 5.93. The number of nitrogens with zero attached hydrogens (tertiary/aromatic N) is 2. The number of urea groups is 1. The average molecular weight is 539 g/mol. The average Bonchev–Trinajstić information content (AvgIpc) is 3.40. The molecule has 0 saturated carbocycles. The standard InChI is InChI=1S/C25H26ClF3N4O4/c26-18-7-3-16(4-8-18)23(35)33-12-11-32(15-21(33)22(34)30-14-20-2-1-13-37-20)24(36)31-19-9-5-17(6-10-19)25(27,28)29/h3-10,20-21H,1-2,11-15H2,(H,30,34)(H,31,36). The van der Waals surface area contributed by atoms with Crippen LogP contribution in [0.1, 0.15) is 28.8 Å². The molecule has 2 heterocycles. The van der Waals surface area contributed by atoms with E-state index in [4.69, 9.17) is 16.3 Å². The van der Waals surface area contributed by atoms with Crippen molar-refractivity contribution in [2.24, 2.45) is 0 Å². The Morgan fingerprint density at radius 1 is 1.03 bits per heavy atom. The number of alkyl halides is 3. The Labute approximate surface area is 216 Å². The van der Waals surface area contributed by atoms with E-state index in [-0.39, 0.29) is 43.9 Å². The van der Waals surface area contributed by atoms with Gasteiger partial charge in [-0.25, -0.2) is 4.79 Å². The van der Waals surface area contributed by atoms with Gasteiger partial charge < -0.3 is 25.2 Å². The van der Waals surface area contributed by atoms with Crippen molar-refractivity contribution in [1.82, 2.24) is 15.1 Å². The number of ether oxygens (including phenoxy) is 1. The minimum atomic E-state index is -4.49. The summed E-state index contributed by atoms with van der Waals surface area (Å²) in [5.41, 5.74) is -0.302.